The van der Waals surface area contributed by atoms with E-state index in [0.717, 1.165) is 50.1 Å². The number of halogens is 1. The molecule has 4 heterocycles. The molecule has 0 saturated carbocycles. The summed E-state index contributed by atoms with van der Waals surface area (Å²) in [5, 5.41) is 11.7. The number of nitrogens with zero attached hydrogens (tertiary/aromatic N) is 7. The Morgan fingerprint density at radius 1 is 1.33 bits per heavy atom. The summed E-state index contributed by atoms with van der Waals surface area (Å²) in [5.74, 6) is 2.55. The van der Waals surface area contributed by atoms with E-state index in [1.54, 1.807) is 6.33 Å². The van der Waals surface area contributed by atoms with E-state index < -0.39 is 0 Å². The van der Waals surface area contributed by atoms with Crippen LogP contribution in [0.15, 0.2) is 23.7 Å². The number of aromatic nitrogens is 4. The van der Waals surface area contributed by atoms with Crippen LogP contribution in [0.2, 0.25) is 0 Å². The lowest BCUT2D eigenvalue weighted by Gasteiger charge is -2.34. The second-order valence-electron chi connectivity index (χ2n) is 6.27. The molecule has 2 aliphatic heterocycles. The van der Waals surface area contributed by atoms with Crippen molar-refractivity contribution < 1.29 is 0 Å². The van der Waals surface area contributed by atoms with Crippen molar-refractivity contribution in [2.75, 3.05) is 44.7 Å². The molecule has 1 fully saturated rings. The summed E-state index contributed by atoms with van der Waals surface area (Å²) >= 11 is 0. The molecule has 2 aromatic heterocycles. The van der Waals surface area contributed by atoms with Gasteiger partial charge < -0.3 is 15.1 Å². The highest BCUT2D eigenvalue weighted by atomic mass is 127. The summed E-state index contributed by atoms with van der Waals surface area (Å²) in [6.45, 7) is 4.88. The van der Waals surface area contributed by atoms with Gasteiger partial charge in [-0.05, 0) is 18.8 Å². The molecule has 1 atom stereocenters. The minimum atomic E-state index is 0. The Balaban J connectivity index is 0.00000169. The van der Waals surface area contributed by atoms with Gasteiger partial charge in [-0.1, -0.05) is 0 Å². The van der Waals surface area contributed by atoms with E-state index in [1.165, 1.54) is 12.8 Å². The van der Waals surface area contributed by atoms with Crippen molar-refractivity contribution in [2.45, 2.75) is 12.8 Å². The summed E-state index contributed by atoms with van der Waals surface area (Å²) < 4.78 is 1.92. The lowest BCUT2D eigenvalue weighted by Crippen LogP contribution is -2.44. The van der Waals surface area contributed by atoms with Gasteiger partial charge in [0.05, 0.1) is 6.54 Å². The second kappa shape index (κ2) is 7.49. The minimum Gasteiger partial charge on any atom is -0.356 e. The Bertz CT molecular complexity index is 714. The Hall–Kier alpha value is -1.65. The van der Waals surface area contributed by atoms with Gasteiger partial charge in [-0.3, -0.25) is 9.39 Å². The van der Waals surface area contributed by atoms with Gasteiger partial charge in [0.1, 0.15) is 6.33 Å². The third-order valence-corrected chi connectivity index (χ3v) is 4.62. The van der Waals surface area contributed by atoms with Crippen molar-refractivity contribution in [3.05, 3.63) is 18.7 Å². The smallest absolute Gasteiger partial charge is 0.203 e. The number of guanidine groups is 1. The van der Waals surface area contributed by atoms with Gasteiger partial charge >= 0.3 is 0 Å². The number of hydrogen-bond acceptors (Lipinski definition) is 7. The highest BCUT2D eigenvalue weighted by Crippen LogP contribution is 2.23. The van der Waals surface area contributed by atoms with Crippen LogP contribution in [0.1, 0.15) is 12.8 Å². The average Bonchev–Trinajstić information content (AvgIpc) is 3.21. The number of likely N-dealkylation sites (N-methyl/N-ethyl adjacent to an activating group) is 1. The molecule has 1 unspecified atom stereocenters. The molecule has 2 aliphatic rings. The first-order valence-electron chi connectivity index (χ1n) is 8.20. The standard InChI is InChI=1S/C15H22N8.HI/c1-21-7-4-17-15(21)18-9-12-3-2-6-22(10-12)13-14-20-19-11-23(14)8-5-16-13;/h5,8,11-12H,2-4,6-7,9-10H2,1H3,(H,17,18);1H. The maximum atomic E-state index is 4.54. The molecule has 0 amide bonds. The van der Waals surface area contributed by atoms with Gasteiger partial charge in [-0.15, -0.1) is 34.2 Å². The predicted octanol–water partition coefficient (Wildman–Crippen LogP) is 0.850. The molecule has 4 rings (SSSR count). The van der Waals surface area contributed by atoms with Crippen LogP contribution in [0, 0.1) is 5.92 Å². The molecule has 0 bridgehead atoms. The van der Waals surface area contributed by atoms with Crippen LogP contribution >= 0.6 is 24.0 Å². The number of nitrogens with one attached hydrogen (secondary N) is 1. The molecular formula is C15H23IN8. The van der Waals surface area contributed by atoms with E-state index in [9.17, 15) is 0 Å². The second-order valence-corrected chi connectivity index (χ2v) is 6.27. The van der Waals surface area contributed by atoms with Crippen molar-refractivity contribution >= 4 is 41.4 Å². The third-order valence-electron chi connectivity index (χ3n) is 4.62. The van der Waals surface area contributed by atoms with E-state index in [1.807, 2.05) is 16.8 Å². The lowest BCUT2D eigenvalue weighted by molar-refractivity contribution is 0.403. The Morgan fingerprint density at radius 3 is 3.08 bits per heavy atom. The SMILES string of the molecule is CN1CCN=C1NCC1CCCN(c2nccn3cnnc23)C1.I. The number of piperidine rings is 1. The molecule has 9 heteroatoms. The molecule has 0 aliphatic carbocycles. The normalized spacial score (nSPS) is 20.9. The van der Waals surface area contributed by atoms with Gasteiger partial charge in [0, 0.05) is 45.6 Å². The van der Waals surface area contributed by atoms with Crippen molar-refractivity contribution in [1.82, 2.24) is 29.8 Å². The lowest BCUT2D eigenvalue weighted by atomic mass is 9.98. The number of rotatable bonds is 3. The molecule has 0 aromatic carbocycles. The van der Waals surface area contributed by atoms with Crippen LogP contribution in [0.3, 0.4) is 0 Å². The van der Waals surface area contributed by atoms with Gasteiger partial charge in [0.2, 0.25) is 5.65 Å². The number of aliphatic imine (C=N–C) groups is 1. The first-order chi connectivity index (χ1) is 11.3. The van der Waals surface area contributed by atoms with E-state index >= 15 is 0 Å². The number of hydrogen-bond donors (Lipinski definition) is 1. The number of anilines is 1. The van der Waals surface area contributed by atoms with E-state index in [2.05, 4.69) is 42.3 Å². The first kappa shape index (κ1) is 17.2. The largest absolute Gasteiger partial charge is 0.356 e. The van der Waals surface area contributed by atoms with Crippen LogP contribution in [0.25, 0.3) is 5.65 Å². The zero-order valence-electron chi connectivity index (χ0n) is 13.8. The molecule has 0 radical (unpaired) electrons. The van der Waals surface area contributed by atoms with E-state index in [-0.39, 0.29) is 24.0 Å². The Labute approximate surface area is 158 Å². The van der Waals surface area contributed by atoms with Crippen LogP contribution in [0.4, 0.5) is 5.82 Å². The molecule has 8 nitrogen and oxygen atoms in total. The van der Waals surface area contributed by atoms with Crippen LogP contribution in [-0.2, 0) is 0 Å². The van der Waals surface area contributed by atoms with E-state index in [0.29, 0.717) is 5.92 Å². The molecule has 2 aromatic rings. The first-order valence-corrected chi connectivity index (χ1v) is 8.20. The quantitative estimate of drug-likeness (QED) is 0.711. The molecule has 1 N–H and O–H groups in total. The summed E-state index contributed by atoms with van der Waals surface area (Å²) in [5.41, 5.74) is 0.834. The maximum absolute atomic E-state index is 4.54. The average molecular weight is 442 g/mol. The minimum absolute atomic E-state index is 0. The summed E-state index contributed by atoms with van der Waals surface area (Å²) in [6, 6.07) is 0. The van der Waals surface area contributed by atoms with E-state index in [4.69, 9.17) is 0 Å². The van der Waals surface area contributed by atoms with Gasteiger partial charge in [0.15, 0.2) is 11.8 Å². The Kier molecular flexibility index (Phi) is 5.36. The zero-order valence-corrected chi connectivity index (χ0v) is 16.1. The van der Waals surface area contributed by atoms with Crippen molar-refractivity contribution in [2.24, 2.45) is 10.9 Å². The van der Waals surface area contributed by atoms with Crippen LogP contribution in [-0.4, -0.2) is 70.2 Å². The molecular weight excluding hydrogens is 419 g/mol. The molecule has 1 saturated heterocycles. The third kappa shape index (κ3) is 3.40. The topological polar surface area (TPSA) is 74.0 Å². The van der Waals surface area contributed by atoms with Crippen molar-refractivity contribution in [3.63, 3.8) is 0 Å². The van der Waals surface area contributed by atoms with Gasteiger partial charge in [-0.25, -0.2) is 4.98 Å². The maximum Gasteiger partial charge on any atom is 0.203 e. The van der Waals surface area contributed by atoms with Gasteiger partial charge in [0.25, 0.3) is 0 Å². The van der Waals surface area contributed by atoms with Crippen LogP contribution in [0.5, 0.6) is 0 Å². The van der Waals surface area contributed by atoms with Crippen molar-refractivity contribution in [3.8, 4) is 0 Å². The molecule has 24 heavy (non-hydrogen) atoms. The summed E-state index contributed by atoms with van der Waals surface area (Å²) in [6.07, 6.45) is 7.82. The number of fused-ring (bicyclic) bond motifs is 1. The highest BCUT2D eigenvalue weighted by Gasteiger charge is 2.24. The Morgan fingerprint density at radius 2 is 2.25 bits per heavy atom. The highest BCUT2D eigenvalue weighted by molar-refractivity contribution is 14.0. The molecule has 0 spiro atoms. The predicted molar refractivity (Wildman–Crippen MR) is 104 cm³/mol. The fourth-order valence-corrected chi connectivity index (χ4v) is 3.35. The summed E-state index contributed by atoms with van der Waals surface area (Å²) in [7, 11) is 2.09. The monoisotopic (exact) mass is 442 g/mol. The summed E-state index contributed by atoms with van der Waals surface area (Å²) in [4.78, 5) is 13.5. The zero-order chi connectivity index (χ0) is 15.6. The van der Waals surface area contributed by atoms with Gasteiger partial charge in [-0.2, -0.15) is 0 Å². The fraction of sp³-hybridized carbons (Fsp3) is 0.600. The van der Waals surface area contributed by atoms with Crippen LogP contribution < -0.4 is 10.2 Å². The molecule has 130 valence electrons. The fourth-order valence-electron chi connectivity index (χ4n) is 3.35. The van der Waals surface area contributed by atoms with Crippen molar-refractivity contribution in [1.29, 1.82) is 0 Å².